The lowest BCUT2D eigenvalue weighted by atomic mass is 10.0. The Morgan fingerprint density at radius 1 is 0.958 bits per heavy atom. The Bertz CT molecular complexity index is 723. The summed E-state index contributed by atoms with van der Waals surface area (Å²) < 4.78 is 76.5. The van der Waals surface area contributed by atoms with E-state index in [0.717, 1.165) is 6.20 Å². The van der Waals surface area contributed by atoms with Crippen LogP contribution in [-0.2, 0) is 12.4 Å². The number of aromatic nitrogens is 1. The third-order valence-corrected chi connectivity index (χ3v) is 3.04. The molecule has 0 radical (unpaired) electrons. The van der Waals surface area contributed by atoms with Crippen molar-refractivity contribution >= 4 is 23.3 Å². The highest BCUT2D eigenvalue weighted by molar-refractivity contribution is 6.30. The number of carbonyl (C=O) groups excluding carboxylic acids is 1. The van der Waals surface area contributed by atoms with Gasteiger partial charge in [0.25, 0.3) is 5.91 Å². The lowest BCUT2D eigenvalue weighted by Crippen LogP contribution is -2.17. The van der Waals surface area contributed by atoms with E-state index in [1.165, 1.54) is 12.1 Å². The van der Waals surface area contributed by atoms with Gasteiger partial charge in [-0.15, -0.1) is 0 Å². The molecule has 1 aromatic carbocycles. The molecule has 2 rings (SSSR count). The number of carbonyl (C=O) groups is 1. The molecule has 1 aromatic heterocycles. The molecule has 0 saturated carbocycles. The zero-order valence-electron chi connectivity index (χ0n) is 11.5. The number of rotatable bonds is 2. The van der Waals surface area contributed by atoms with Gasteiger partial charge in [0.2, 0.25) is 0 Å². The van der Waals surface area contributed by atoms with Crippen LogP contribution in [0.5, 0.6) is 0 Å². The van der Waals surface area contributed by atoms with Gasteiger partial charge in [0.15, 0.2) is 0 Å². The van der Waals surface area contributed by atoms with Crippen molar-refractivity contribution in [2.75, 3.05) is 5.32 Å². The summed E-state index contributed by atoms with van der Waals surface area (Å²) in [4.78, 5) is 15.6. The Kier molecular flexibility index (Phi) is 4.75. The molecule has 0 aliphatic carbocycles. The van der Waals surface area contributed by atoms with Crippen LogP contribution in [0.2, 0.25) is 5.02 Å². The molecule has 0 atom stereocenters. The standard InChI is InChI=1S/C14H7ClF6N2O/c15-10-1-2-11(22-6-10)23-12(24)7-3-8(13(16,17)18)5-9(4-7)14(19,20)21/h1-6H,(H,22,23,24). The quantitative estimate of drug-likeness (QED) is 0.756. The maximum Gasteiger partial charge on any atom is 0.416 e. The maximum atomic E-state index is 12.7. The highest BCUT2D eigenvalue weighted by Gasteiger charge is 2.37. The van der Waals surface area contributed by atoms with Crippen LogP contribution in [0.1, 0.15) is 21.5 Å². The molecule has 24 heavy (non-hydrogen) atoms. The first-order valence-corrected chi connectivity index (χ1v) is 6.57. The Labute approximate surface area is 136 Å². The van der Waals surface area contributed by atoms with E-state index in [4.69, 9.17) is 11.6 Å². The lowest BCUT2D eigenvalue weighted by molar-refractivity contribution is -0.143. The Morgan fingerprint density at radius 3 is 1.92 bits per heavy atom. The molecule has 3 nitrogen and oxygen atoms in total. The summed E-state index contributed by atoms with van der Waals surface area (Å²) in [5.74, 6) is -1.24. The maximum absolute atomic E-state index is 12.7. The van der Waals surface area contributed by atoms with E-state index >= 15 is 0 Å². The Morgan fingerprint density at radius 2 is 1.50 bits per heavy atom. The Hall–Kier alpha value is -2.29. The van der Waals surface area contributed by atoms with E-state index in [1.54, 1.807) is 0 Å². The van der Waals surface area contributed by atoms with Crippen molar-refractivity contribution in [3.8, 4) is 0 Å². The number of nitrogens with zero attached hydrogens (tertiary/aromatic N) is 1. The average molecular weight is 369 g/mol. The molecule has 0 bridgehead atoms. The first-order valence-electron chi connectivity index (χ1n) is 6.19. The molecule has 0 fully saturated rings. The van der Waals surface area contributed by atoms with Crippen LogP contribution in [0.25, 0.3) is 0 Å². The van der Waals surface area contributed by atoms with Crippen molar-refractivity contribution in [2.45, 2.75) is 12.4 Å². The van der Waals surface area contributed by atoms with Crippen molar-refractivity contribution in [2.24, 2.45) is 0 Å². The number of nitrogens with one attached hydrogen (secondary N) is 1. The van der Waals surface area contributed by atoms with Gasteiger partial charge >= 0.3 is 12.4 Å². The molecular weight excluding hydrogens is 362 g/mol. The summed E-state index contributed by atoms with van der Waals surface area (Å²) in [5.41, 5.74) is -3.95. The summed E-state index contributed by atoms with van der Waals surface area (Å²) in [7, 11) is 0. The summed E-state index contributed by atoms with van der Waals surface area (Å²) in [5, 5.41) is 2.34. The van der Waals surface area contributed by atoms with Crippen LogP contribution in [-0.4, -0.2) is 10.9 Å². The van der Waals surface area contributed by atoms with Crippen molar-refractivity contribution < 1.29 is 31.1 Å². The SMILES string of the molecule is O=C(Nc1ccc(Cl)cn1)c1cc(C(F)(F)F)cc(C(F)(F)F)c1. The number of pyridine rings is 1. The molecule has 1 heterocycles. The van der Waals surface area contributed by atoms with Crippen LogP contribution >= 0.6 is 11.6 Å². The van der Waals surface area contributed by atoms with Crippen LogP contribution in [0.3, 0.4) is 0 Å². The summed E-state index contributed by atoms with van der Waals surface area (Å²) >= 11 is 5.58. The fourth-order valence-electron chi connectivity index (χ4n) is 1.72. The van der Waals surface area contributed by atoms with Gasteiger partial charge in [0, 0.05) is 11.8 Å². The normalized spacial score (nSPS) is 12.1. The second kappa shape index (κ2) is 6.31. The first kappa shape index (κ1) is 18.1. The fourth-order valence-corrected chi connectivity index (χ4v) is 1.84. The number of anilines is 1. The van der Waals surface area contributed by atoms with Crippen LogP contribution in [0.4, 0.5) is 32.2 Å². The van der Waals surface area contributed by atoms with Crippen molar-refractivity contribution in [1.29, 1.82) is 0 Å². The second-order valence-corrected chi connectivity index (χ2v) is 5.05. The van der Waals surface area contributed by atoms with Gasteiger partial charge in [0.05, 0.1) is 16.1 Å². The molecule has 0 saturated heterocycles. The van der Waals surface area contributed by atoms with Gasteiger partial charge in [-0.1, -0.05) is 11.6 Å². The largest absolute Gasteiger partial charge is 0.416 e. The summed E-state index contributed by atoms with van der Waals surface area (Å²) in [6.45, 7) is 0. The highest BCUT2D eigenvalue weighted by atomic mass is 35.5. The molecule has 128 valence electrons. The zero-order valence-corrected chi connectivity index (χ0v) is 12.2. The van der Waals surface area contributed by atoms with Crippen molar-refractivity contribution in [3.05, 3.63) is 58.2 Å². The second-order valence-electron chi connectivity index (χ2n) is 4.61. The summed E-state index contributed by atoms with van der Waals surface area (Å²) in [6.07, 6.45) is -8.91. The van der Waals surface area contributed by atoms with E-state index < -0.39 is 35.0 Å². The number of alkyl halides is 6. The third kappa shape index (κ3) is 4.38. The predicted octanol–water partition coefficient (Wildman–Crippen LogP) is 5.02. The van der Waals surface area contributed by atoms with Gasteiger partial charge in [-0.25, -0.2) is 4.98 Å². The number of benzene rings is 1. The minimum atomic E-state index is -5.03. The van der Waals surface area contributed by atoms with Crippen molar-refractivity contribution in [1.82, 2.24) is 4.98 Å². The van der Waals surface area contributed by atoms with E-state index in [2.05, 4.69) is 10.3 Å². The van der Waals surface area contributed by atoms with Crippen molar-refractivity contribution in [3.63, 3.8) is 0 Å². The van der Waals surface area contributed by atoms with E-state index in [1.807, 2.05) is 0 Å². The number of halogens is 7. The van der Waals surface area contributed by atoms with E-state index in [-0.39, 0.29) is 16.9 Å². The molecular formula is C14H7ClF6N2O. The zero-order chi connectivity index (χ0) is 18.1. The monoisotopic (exact) mass is 368 g/mol. The number of amides is 1. The van der Waals surface area contributed by atoms with Gasteiger partial charge in [-0.2, -0.15) is 26.3 Å². The Balaban J connectivity index is 2.40. The van der Waals surface area contributed by atoms with Gasteiger partial charge in [-0.3, -0.25) is 4.79 Å². The third-order valence-electron chi connectivity index (χ3n) is 2.82. The summed E-state index contributed by atoms with van der Waals surface area (Å²) in [6, 6.07) is 3.20. The minimum Gasteiger partial charge on any atom is -0.307 e. The average Bonchev–Trinajstić information content (AvgIpc) is 2.47. The molecule has 1 amide bonds. The predicted molar refractivity (Wildman–Crippen MR) is 73.6 cm³/mol. The molecule has 0 aliphatic rings. The van der Waals surface area contributed by atoms with Crippen LogP contribution in [0.15, 0.2) is 36.5 Å². The fraction of sp³-hybridized carbons (Fsp3) is 0.143. The van der Waals surface area contributed by atoms with Crippen LogP contribution in [0, 0.1) is 0 Å². The van der Waals surface area contributed by atoms with Crippen LogP contribution < -0.4 is 5.32 Å². The molecule has 0 spiro atoms. The van der Waals surface area contributed by atoms with Gasteiger partial charge in [-0.05, 0) is 30.3 Å². The van der Waals surface area contributed by atoms with E-state index in [0.29, 0.717) is 12.1 Å². The number of hydrogen-bond donors (Lipinski definition) is 1. The number of hydrogen-bond acceptors (Lipinski definition) is 2. The van der Waals surface area contributed by atoms with Gasteiger partial charge in [0.1, 0.15) is 5.82 Å². The first-order chi connectivity index (χ1) is 11.0. The van der Waals surface area contributed by atoms with E-state index in [9.17, 15) is 31.1 Å². The molecule has 10 heteroatoms. The van der Waals surface area contributed by atoms with Gasteiger partial charge < -0.3 is 5.32 Å². The molecule has 1 N–H and O–H groups in total. The smallest absolute Gasteiger partial charge is 0.307 e. The topological polar surface area (TPSA) is 42.0 Å². The molecule has 0 aliphatic heterocycles. The molecule has 0 unspecified atom stereocenters. The minimum absolute atomic E-state index is 0.0582. The molecule has 2 aromatic rings. The lowest BCUT2D eigenvalue weighted by Gasteiger charge is -2.14. The highest BCUT2D eigenvalue weighted by Crippen LogP contribution is 2.36.